The molecule has 0 saturated heterocycles. The van der Waals surface area contributed by atoms with Crippen LogP contribution in [0.4, 0.5) is 0 Å². The first-order valence-electron chi connectivity index (χ1n) is 8.07. The molecular weight excluding hydrogens is 282 g/mol. The van der Waals surface area contributed by atoms with Gasteiger partial charge in [-0.05, 0) is 40.5 Å². The number of aliphatic carboxylic acids is 1. The van der Waals surface area contributed by atoms with Gasteiger partial charge >= 0.3 is 11.9 Å². The zero-order valence-electron chi connectivity index (χ0n) is 15.4. The monoisotopic (exact) mass is 316 g/mol. The third-order valence-corrected chi connectivity index (χ3v) is 4.06. The van der Waals surface area contributed by atoms with E-state index in [9.17, 15) is 14.7 Å². The lowest BCUT2D eigenvalue weighted by molar-refractivity contribution is -0.890. The molecule has 0 bridgehead atoms. The van der Waals surface area contributed by atoms with Crippen molar-refractivity contribution < 1.29 is 23.9 Å². The Kier molecular flexibility index (Phi) is 7.55. The van der Waals surface area contributed by atoms with Crippen LogP contribution in [0.5, 0.6) is 0 Å². The fourth-order valence-electron chi connectivity index (χ4n) is 2.53. The molecule has 0 heterocycles. The molecule has 22 heavy (non-hydrogen) atoms. The highest BCUT2D eigenvalue weighted by molar-refractivity contribution is 5.79. The van der Waals surface area contributed by atoms with Crippen LogP contribution in [0.15, 0.2) is 0 Å². The molecule has 0 amide bonds. The largest absolute Gasteiger partial charge is 0.481 e. The number of esters is 1. The lowest BCUT2D eigenvalue weighted by atomic mass is 9.75. The average Bonchev–Trinajstić information content (AvgIpc) is 2.34. The minimum absolute atomic E-state index is 0.252. The van der Waals surface area contributed by atoms with Crippen molar-refractivity contribution in [3.8, 4) is 0 Å². The van der Waals surface area contributed by atoms with Gasteiger partial charge in [0.25, 0.3) is 0 Å². The van der Waals surface area contributed by atoms with Crippen LogP contribution in [0.25, 0.3) is 0 Å². The van der Waals surface area contributed by atoms with E-state index in [1.54, 1.807) is 27.7 Å². The number of carboxylic acid groups (broad SMARTS) is 1. The van der Waals surface area contributed by atoms with Gasteiger partial charge in [-0.15, -0.1) is 0 Å². The molecule has 0 atom stereocenters. The maximum atomic E-state index is 12.2. The van der Waals surface area contributed by atoms with E-state index >= 15 is 0 Å². The molecule has 0 aliphatic heterocycles. The second-order valence-electron chi connectivity index (χ2n) is 8.12. The van der Waals surface area contributed by atoms with Crippen LogP contribution in [0.3, 0.4) is 0 Å². The summed E-state index contributed by atoms with van der Waals surface area (Å²) in [6.45, 7) is 11.1. The number of carbonyl (C=O) groups excluding carboxylic acids is 1. The Morgan fingerprint density at radius 2 is 1.59 bits per heavy atom. The predicted molar refractivity (Wildman–Crippen MR) is 87.5 cm³/mol. The first kappa shape index (κ1) is 20.9. The zero-order valence-corrected chi connectivity index (χ0v) is 15.4. The molecule has 0 unspecified atom stereocenters. The Morgan fingerprint density at radius 1 is 1.05 bits per heavy atom. The van der Waals surface area contributed by atoms with Crippen LogP contribution in [0.1, 0.15) is 53.9 Å². The second kappa shape index (κ2) is 7.95. The van der Waals surface area contributed by atoms with Crippen molar-refractivity contribution in [2.75, 3.05) is 33.8 Å². The van der Waals surface area contributed by atoms with Gasteiger partial charge in [0.2, 0.25) is 0 Å². The van der Waals surface area contributed by atoms with Gasteiger partial charge < -0.3 is 14.3 Å². The Balaban J connectivity index is 4.44. The third kappa shape index (κ3) is 7.25. The van der Waals surface area contributed by atoms with Crippen molar-refractivity contribution in [2.45, 2.75) is 53.9 Å². The molecule has 0 aromatic rings. The summed E-state index contributed by atoms with van der Waals surface area (Å²) in [5, 5.41) is 9.20. The molecule has 0 aliphatic rings. The number of quaternary nitrogens is 1. The maximum absolute atomic E-state index is 12.2. The molecule has 5 heteroatoms. The third-order valence-electron chi connectivity index (χ3n) is 4.06. The van der Waals surface area contributed by atoms with Crippen molar-refractivity contribution in [1.82, 2.24) is 0 Å². The molecule has 130 valence electrons. The SMILES string of the molecule is CCCC[N+](C)(C)CCOC(=O)C(C)(C)CC(C)(C)C(=O)O. The summed E-state index contributed by atoms with van der Waals surface area (Å²) in [4.78, 5) is 23.5. The fourth-order valence-corrected chi connectivity index (χ4v) is 2.53. The fraction of sp³-hybridized carbons (Fsp3) is 0.882. The van der Waals surface area contributed by atoms with Crippen LogP contribution < -0.4 is 0 Å². The van der Waals surface area contributed by atoms with E-state index < -0.39 is 16.8 Å². The summed E-state index contributed by atoms with van der Waals surface area (Å²) in [5.41, 5.74) is -1.75. The first-order valence-corrected chi connectivity index (χ1v) is 8.07. The summed E-state index contributed by atoms with van der Waals surface area (Å²) < 4.78 is 6.22. The topological polar surface area (TPSA) is 63.6 Å². The van der Waals surface area contributed by atoms with E-state index in [4.69, 9.17) is 4.74 Å². The van der Waals surface area contributed by atoms with Crippen molar-refractivity contribution in [2.24, 2.45) is 10.8 Å². The second-order valence-corrected chi connectivity index (χ2v) is 8.12. The summed E-state index contributed by atoms with van der Waals surface area (Å²) in [6, 6.07) is 0. The van der Waals surface area contributed by atoms with E-state index in [0.717, 1.165) is 30.4 Å². The molecule has 0 aromatic heterocycles. The number of likely N-dealkylation sites (N-methyl/N-ethyl adjacent to an activating group) is 1. The molecule has 5 nitrogen and oxygen atoms in total. The molecule has 0 aromatic carbocycles. The molecule has 0 rings (SSSR count). The molecule has 0 aliphatic carbocycles. The number of carboxylic acids is 1. The van der Waals surface area contributed by atoms with Crippen LogP contribution in [0.2, 0.25) is 0 Å². The molecule has 0 fully saturated rings. The van der Waals surface area contributed by atoms with Gasteiger partial charge in [0.1, 0.15) is 13.2 Å². The zero-order chi connectivity index (χ0) is 17.6. The minimum atomic E-state index is -0.945. The number of ether oxygens (including phenoxy) is 1. The molecule has 0 radical (unpaired) electrons. The normalized spacial score (nSPS) is 13.0. The number of hydrogen-bond acceptors (Lipinski definition) is 3. The number of rotatable bonds is 10. The molecule has 1 N–H and O–H groups in total. The molecule has 0 spiro atoms. The number of unbranched alkanes of at least 4 members (excludes halogenated alkanes) is 1. The minimum Gasteiger partial charge on any atom is -0.481 e. The number of carbonyl (C=O) groups is 2. The highest BCUT2D eigenvalue weighted by atomic mass is 16.5. The Bertz CT molecular complexity index is 386. The highest BCUT2D eigenvalue weighted by Gasteiger charge is 2.40. The maximum Gasteiger partial charge on any atom is 0.311 e. The Hall–Kier alpha value is -1.10. The average molecular weight is 316 g/mol. The van der Waals surface area contributed by atoms with Gasteiger partial charge in [0, 0.05) is 0 Å². The van der Waals surface area contributed by atoms with Gasteiger partial charge in [-0.25, -0.2) is 0 Å². The Labute approximate surface area is 135 Å². The van der Waals surface area contributed by atoms with Gasteiger partial charge in [-0.3, -0.25) is 9.59 Å². The van der Waals surface area contributed by atoms with Crippen molar-refractivity contribution in [3.63, 3.8) is 0 Å². The summed E-state index contributed by atoms with van der Waals surface area (Å²) >= 11 is 0. The van der Waals surface area contributed by atoms with Crippen LogP contribution in [-0.2, 0) is 14.3 Å². The van der Waals surface area contributed by atoms with Gasteiger partial charge in [0.05, 0.1) is 31.5 Å². The van der Waals surface area contributed by atoms with Gasteiger partial charge in [-0.1, -0.05) is 13.3 Å². The summed E-state index contributed by atoms with van der Waals surface area (Å²) in [7, 11) is 4.25. The quantitative estimate of drug-likeness (QED) is 0.497. The van der Waals surface area contributed by atoms with Crippen LogP contribution in [-0.4, -0.2) is 55.3 Å². The Morgan fingerprint density at radius 3 is 2.05 bits per heavy atom. The smallest absolute Gasteiger partial charge is 0.311 e. The van der Waals surface area contributed by atoms with Crippen molar-refractivity contribution in [3.05, 3.63) is 0 Å². The summed E-state index contributed by atoms with van der Waals surface area (Å²) in [5.74, 6) is -1.22. The van der Waals surface area contributed by atoms with E-state index in [1.807, 2.05) is 0 Å². The van der Waals surface area contributed by atoms with Crippen molar-refractivity contribution >= 4 is 11.9 Å². The lowest BCUT2D eigenvalue weighted by Gasteiger charge is -2.32. The lowest BCUT2D eigenvalue weighted by Crippen LogP contribution is -2.44. The van der Waals surface area contributed by atoms with Crippen LogP contribution in [0, 0.1) is 10.8 Å². The number of hydrogen-bond donors (Lipinski definition) is 1. The summed E-state index contributed by atoms with van der Waals surface area (Å²) in [6.07, 6.45) is 2.56. The predicted octanol–water partition coefficient (Wildman–Crippen LogP) is 2.93. The first-order chi connectivity index (χ1) is 9.84. The molecule has 0 saturated carbocycles. The molecular formula is C17H34NO4+. The van der Waals surface area contributed by atoms with E-state index in [-0.39, 0.29) is 12.4 Å². The number of nitrogens with zero attached hydrogens (tertiary/aromatic N) is 1. The highest BCUT2D eigenvalue weighted by Crippen LogP contribution is 2.34. The van der Waals surface area contributed by atoms with E-state index in [0.29, 0.717) is 6.61 Å². The van der Waals surface area contributed by atoms with E-state index in [1.165, 1.54) is 0 Å². The standard InChI is InChI=1S/C17H33NO4/c1-8-9-10-18(6,7)11-12-22-15(21)17(4,5)13-16(2,3)14(19)20/h8-13H2,1-7H3/p+1. The van der Waals surface area contributed by atoms with Crippen molar-refractivity contribution in [1.29, 1.82) is 0 Å². The van der Waals surface area contributed by atoms with E-state index in [2.05, 4.69) is 21.0 Å². The van der Waals surface area contributed by atoms with Gasteiger partial charge in [-0.2, -0.15) is 0 Å². The van der Waals surface area contributed by atoms with Crippen LogP contribution >= 0.6 is 0 Å². The van der Waals surface area contributed by atoms with Gasteiger partial charge in [0.15, 0.2) is 0 Å².